The van der Waals surface area contributed by atoms with Crippen LogP contribution in [0.25, 0.3) is 0 Å². The molecule has 0 radical (unpaired) electrons. The van der Waals surface area contributed by atoms with E-state index in [1.165, 1.54) is 0 Å². The molecule has 0 aromatic carbocycles. The van der Waals surface area contributed by atoms with Gasteiger partial charge in [-0.05, 0) is 40.2 Å². The number of aliphatic carboxylic acids is 1. The Morgan fingerprint density at radius 1 is 1.59 bits per heavy atom. The van der Waals surface area contributed by atoms with Gasteiger partial charge in [0.2, 0.25) is 0 Å². The van der Waals surface area contributed by atoms with E-state index in [1.807, 2.05) is 33.8 Å². The molecule has 4 heteroatoms. The first-order valence-corrected chi connectivity index (χ1v) is 5.88. The number of carbonyl (C=O) groups is 1. The van der Waals surface area contributed by atoms with Gasteiger partial charge in [0.05, 0.1) is 0 Å². The Hall–Kier alpha value is -1.29. The molecular weight excluding hydrogens is 218 g/mol. The maximum atomic E-state index is 11.2. The molecule has 96 valence electrons. The Morgan fingerprint density at radius 2 is 2.18 bits per heavy atom. The van der Waals surface area contributed by atoms with Gasteiger partial charge in [-0.15, -0.1) is 0 Å². The molecule has 0 fully saturated rings. The fourth-order valence-electron chi connectivity index (χ4n) is 1.95. The third-order valence-electron chi connectivity index (χ3n) is 3.26. The molecule has 1 aromatic heterocycles. The highest BCUT2D eigenvalue weighted by Crippen LogP contribution is 2.24. The van der Waals surface area contributed by atoms with Crippen molar-refractivity contribution in [2.24, 2.45) is 0 Å². The molecule has 1 rings (SSSR count). The van der Waals surface area contributed by atoms with Crippen LogP contribution in [0.15, 0.2) is 10.5 Å². The predicted octanol–water partition coefficient (Wildman–Crippen LogP) is 2.80. The number of carboxylic acid groups (broad SMARTS) is 1. The Balaban J connectivity index is 2.88. The van der Waals surface area contributed by atoms with E-state index in [0.29, 0.717) is 6.42 Å². The van der Waals surface area contributed by atoms with E-state index >= 15 is 0 Å². The van der Waals surface area contributed by atoms with Crippen LogP contribution in [0, 0.1) is 13.8 Å². The second kappa shape index (κ2) is 4.92. The summed E-state index contributed by atoms with van der Waals surface area (Å²) in [7, 11) is 0. The van der Waals surface area contributed by atoms with Gasteiger partial charge in [0.25, 0.3) is 0 Å². The molecule has 1 heterocycles. The first-order chi connectivity index (χ1) is 7.80. The fourth-order valence-corrected chi connectivity index (χ4v) is 1.95. The number of carboxylic acids is 1. The van der Waals surface area contributed by atoms with Crippen LogP contribution in [-0.4, -0.2) is 16.6 Å². The third kappa shape index (κ3) is 2.88. The van der Waals surface area contributed by atoms with Crippen molar-refractivity contribution < 1.29 is 14.3 Å². The Bertz CT molecular complexity index is 411. The van der Waals surface area contributed by atoms with Gasteiger partial charge in [-0.2, -0.15) is 0 Å². The van der Waals surface area contributed by atoms with Crippen molar-refractivity contribution in [1.82, 2.24) is 5.32 Å². The van der Waals surface area contributed by atoms with Crippen molar-refractivity contribution in [3.05, 3.63) is 23.2 Å². The molecule has 1 aromatic rings. The second-order valence-electron chi connectivity index (χ2n) is 4.73. The molecule has 0 bridgehead atoms. The van der Waals surface area contributed by atoms with Crippen molar-refractivity contribution in [1.29, 1.82) is 0 Å². The standard InChI is InChI=1S/C13H21NO3/c1-6-13(5,12(15)16)14-9(3)11-7-8(2)17-10(11)4/h7,9,14H,6H2,1-5H3,(H,15,16). The minimum absolute atomic E-state index is 0.0477. The van der Waals surface area contributed by atoms with E-state index in [1.54, 1.807) is 6.92 Å². The molecule has 0 spiro atoms. The Labute approximate surface area is 102 Å². The van der Waals surface area contributed by atoms with E-state index in [9.17, 15) is 9.90 Å². The number of furan rings is 1. The van der Waals surface area contributed by atoms with Gasteiger partial charge < -0.3 is 9.52 Å². The summed E-state index contributed by atoms with van der Waals surface area (Å²) in [5.74, 6) is 0.857. The molecule has 2 N–H and O–H groups in total. The summed E-state index contributed by atoms with van der Waals surface area (Å²) in [6.45, 7) is 9.30. The van der Waals surface area contributed by atoms with Crippen molar-refractivity contribution in [3.63, 3.8) is 0 Å². The van der Waals surface area contributed by atoms with Gasteiger partial charge in [-0.25, -0.2) is 0 Å². The van der Waals surface area contributed by atoms with Crippen molar-refractivity contribution >= 4 is 5.97 Å². The lowest BCUT2D eigenvalue weighted by atomic mass is 9.96. The van der Waals surface area contributed by atoms with Gasteiger partial charge in [-0.3, -0.25) is 10.1 Å². The maximum Gasteiger partial charge on any atom is 0.323 e. The lowest BCUT2D eigenvalue weighted by molar-refractivity contribution is -0.144. The van der Waals surface area contributed by atoms with Crippen molar-refractivity contribution in [3.8, 4) is 0 Å². The summed E-state index contributed by atoms with van der Waals surface area (Å²) < 4.78 is 5.46. The lowest BCUT2D eigenvalue weighted by Gasteiger charge is -2.28. The zero-order valence-electron chi connectivity index (χ0n) is 11.1. The number of hydrogen-bond acceptors (Lipinski definition) is 3. The highest BCUT2D eigenvalue weighted by atomic mass is 16.4. The van der Waals surface area contributed by atoms with Gasteiger partial charge in [0, 0.05) is 11.6 Å². The number of hydrogen-bond donors (Lipinski definition) is 2. The molecule has 0 aliphatic carbocycles. The van der Waals surface area contributed by atoms with Gasteiger partial charge in [-0.1, -0.05) is 6.92 Å². The monoisotopic (exact) mass is 239 g/mol. The lowest BCUT2D eigenvalue weighted by Crippen LogP contribution is -2.49. The van der Waals surface area contributed by atoms with Gasteiger partial charge >= 0.3 is 5.97 Å². The van der Waals surface area contributed by atoms with E-state index in [4.69, 9.17) is 4.42 Å². The van der Waals surface area contributed by atoms with Crippen LogP contribution in [0.1, 0.15) is 50.3 Å². The average Bonchev–Trinajstić information content (AvgIpc) is 2.57. The zero-order valence-corrected chi connectivity index (χ0v) is 11.1. The molecule has 2 atom stereocenters. The highest BCUT2D eigenvalue weighted by Gasteiger charge is 2.33. The SMILES string of the molecule is CCC(C)(NC(C)c1cc(C)oc1C)C(=O)O. The number of nitrogens with one attached hydrogen (secondary N) is 1. The van der Waals surface area contributed by atoms with Crippen LogP contribution in [-0.2, 0) is 4.79 Å². The molecule has 0 aliphatic heterocycles. The zero-order chi connectivity index (χ0) is 13.2. The van der Waals surface area contributed by atoms with Crippen molar-refractivity contribution in [2.45, 2.75) is 52.6 Å². The quantitative estimate of drug-likeness (QED) is 0.829. The largest absolute Gasteiger partial charge is 0.480 e. The molecule has 0 saturated heterocycles. The summed E-state index contributed by atoms with van der Waals surface area (Å²) in [5, 5.41) is 12.4. The average molecular weight is 239 g/mol. The van der Waals surface area contributed by atoms with Gasteiger partial charge in [0.15, 0.2) is 0 Å². The normalized spacial score (nSPS) is 16.5. The van der Waals surface area contributed by atoms with Crippen LogP contribution >= 0.6 is 0 Å². The minimum Gasteiger partial charge on any atom is -0.480 e. The topological polar surface area (TPSA) is 62.5 Å². The van der Waals surface area contributed by atoms with Crippen LogP contribution in [0.3, 0.4) is 0 Å². The summed E-state index contributed by atoms with van der Waals surface area (Å²) in [6, 6.07) is 1.90. The highest BCUT2D eigenvalue weighted by molar-refractivity contribution is 5.78. The van der Waals surface area contributed by atoms with Crippen molar-refractivity contribution in [2.75, 3.05) is 0 Å². The fraction of sp³-hybridized carbons (Fsp3) is 0.615. The van der Waals surface area contributed by atoms with E-state index in [0.717, 1.165) is 17.1 Å². The van der Waals surface area contributed by atoms with Crippen LogP contribution in [0.4, 0.5) is 0 Å². The van der Waals surface area contributed by atoms with E-state index < -0.39 is 11.5 Å². The van der Waals surface area contributed by atoms with Crippen LogP contribution in [0.5, 0.6) is 0 Å². The Kier molecular flexibility index (Phi) is 3.98. The molecule has 0 aliphatic rings. The number of aryl methyl sites for hydroxylation is 2. The first kappa shape index (κ1) is 13.8. The molecular formula is C13H21NO3. The molecule has 0 saturated carbocycles. The van der Waals surface area contributed by atoms with E-state index in [2.05, 4.69) is 5.32 Å². The van der Waals surface area contributed by atoms with E-state index in [-0.39, 0.29) is 6.04 Å². The first-order valence-electron chi connectivity index (χ1n) is 5.88. The maximum absolute atomic E-state index is 11.2. The summed E-state index contributed by atoms with van der Waals surface area (Å²) >= 11 is 0. The van der Waals surface area contributed by atoms with Crippen LogP contribution < -0.4 is 5.32 Å². The van der Waals surface area contributed by atoms with Crippen LogP contribution in [0.2, 0.25) is 0 Å². The molecule has 17 heavy (non-hydrogen) atoms. The third-order valence-corrected chi connectivity index (χ3v) is 3.26. The summed E-state index contributed by atoms with van der Waals surface area (Å²) in [4.78, 5) is 11.2. The summed E-state index contributed by atoms with van der Waals surface area (Å²) in [6.07, 6.45) is 0.530. The second-order valence-corrected chi connectivity index (χ2v) is 4.73. The molecule has 0 amide bonds. The minimum atomic E-state index is -0.906. The summed E-state index contributed by atoms with van der Waals surface area (Å²) in [5.41, 5.74) is 0.111. The van der Waals surface area contributed by atoms with Gasteiger partial charge in [0.1, 0.15) is 17.1 Å². The number of rotatable bonds is 5. The smallest absolute Gasteiger partial charge is 0.323 e. The molecule has 2 unspecified atom stereocenters. The Morgan fingerprint density at radius 3 is 2.53 bits per heavy atom. The molecule has 4 nitrogen and oxygen atoms in total. The predicted molar refractivity (Wildman–Crippen MR) is 66.1 cm³/mol.